The maximum Gasteiger partial charge on any atom is 0.266 e. The lowest BCUT2D eigenvalue weighted by Crippen LogP contribution is -2.30. The Kier molecular flexibility index (Phi) is 3.10. The average molecular weight is 345 g/mol. The molecule has 3 rings (SSSR count). The molecule has 2 aromatic rings. The number of benzene rings is 2. The van der Waals surface area contributed by atoms with Gasteiger partial charge in [0.05, 0.1) is 16.8 Å². The maximum atomic E-state index is 12.6. The molecule has 0 fully saturated rings. The normalized spacial score (nSPS) is 13.8. The van der Waals surface area contributed by atoms with E-state index in [0.29, 0.717) is 22.5 Å². The minimum absolute atomic E-state index is 0.297. The zero-order valence-corrected chi connectivity index (χ0v) is 13.2. The standard InChI is InChI=1S/C16H13BrN2O2/c1-8-6-14(9(2)5-13(8)18)19-15(20)11-4-3-10(17)7-12(11)16(19)21/h3-7H,18H2,1-2H3. The molecule has 0 aromatic heterocycles. The molecular weight excluding hydrogens is 332 g/mol. The van der Waals surface area contributed by atoms with Crippen molar-refractivity contribution < 1.29 is 9.59 Å². The van der Waals surface area contributed by atoms with Gasteiger partial charge in [-0.2, -0.15) is 0 Å². The second-order valence-electron chi connectivity index (χ2n) is 5.13. The van der Waals surface area contributed by atoms with Crippen LogP contribution in [0, 0.1) is 13.8 Å². The van der Waals surface area contributed by atoms with Crippen LogP contribution in [0.4, 0.5) is 11.4 Å². The fourth-order valence-electron chi connectivity index (χ4n) is 2.50. The Morgan fingerprint density at radius 1 is 0.952 bits per heavy atom. The smallest absolute Gasteiger partial charge is 0.266 e. The Balaban J connectivity index is 2.16. The fraction of sp³-hybridized carbons (Fsp3) is 0.125. The molecule has 0 saturated heterocycles. The molecule has 0 unspecified atom stereocenters. The van der Waals surface area contributed by atoms with Gasteiger partial charge in [0.15, 0.2) is 0 Å². The van der Waals surface area contributed by atoms with Crippen molar-refractivity contribution in [2.24, 2.45) is 0 Å². The van der Waals surface area contributed by atoms with E-state index < -0.39 is 0 Å². The van der Waals surface area contributed by atoms with Crippen LogP contribution in [0.5, 0.6) is 0 Å². The van der Waals surface area contributed by atoms with Crippen LogP contribution in [-0.4, -0.2) is 11.8 Å². The summed E-state index contributed by atoms with van der Waals surface area (Å²) in [5.41, 5.74) is 9.59. The highest BCUT2D eigenvalue weighted by Crippen LogP contribution is 2.33. The molecule has 1 aliphatic rings. The van der Waals surface area contributed by atoms with Gasteiger partial charge < -0.3 is 5.73 Å². The number of anilines is 2. The SMILES string of the molecule is Cc1cc(N2C(=O)c3ccc(Br)cc3C2=O)c(C)cc1N. The third-order valence-electron chi connectivity index (χ3n) is 3.67. The summed E-state index contributed by atoms with van der Waals surface area (Å²) in [7, 11) is 0. The van der Waals surface area contributed by atoms with E-state index in [9.17, 15) is 9.59 Å². The minimum Gasteiger partial charge on any atom is -0.399 e. The highest BCUT2D eigenvalue weighted by Gasteiger charge is 2.37. The number of fused-ring (bicyclic) bond motifs is 1. The molecule has 2 amide bonds. The average Bonchev–Trinajstić information content (AvgIpc) is 2.66. The molecule has 0 spiro atoms. The van der Waals surface area contributed by atoms with Gasteiger partial charge in [-0.25, -0.2) is 4.90 Å². The zero-order valence-electron chi connectivity index (χ0n) is 11.6. The second-order valence-corrected chi connectivity index (χ2v) is 6.05. The molecule has 0 atom stereocenters. The molecule has 2 aromatic carbocycles. The number of hydrogen-bond acceptors (Lipinski definition) is 3. The van der Waals surface area contributed by atoms with Crippen molar-refractivity contribution >= 4 is 39.1 Å². The van der Waals surface area contributed by atoms with Crippen molar-refractivity contribution in [3.05, 3.63) is 57.1 Å². The number of aryl methyl sites for hydroxylation is 2. The lowest BCUT2D eigenvalue weighted by Gasteiger charge is -2.18. The number of hydrogen-bond donors (Lipinski definition) is 1. The molecule has 5 heteroatoms. The summed E-state index contributed by atoms with van der Waals surface area (Å²) in [6.07, 6.45) is 0. The van der Waals surface area contributed by atoms with Crippen LogP contribution < -0.4 is 10.6 Å². The number of nitrogens with two attached hydrogens (primary N) is 1. The van der Waals surface area contributed by atoms with Gasteiger partial charge in [-0.15, -0.1) is 0 Å². The van der Waals surface area contributed by atoms with E-state index in [2.05, 4.69) is 15.9 Å². The number of nitrogens with zero attached hydrogens (tertiary/aromatic N) is 1. The number of imide groups is 1. The summed E-state index contributed by atoms with van der Waals surface area (Å²) in [4.78, 5) is 26.3. The van der Waals surface area contributed by atoms with Crippen LogP contribution in [-0.2, 0) is 0 Å². The molecule has 4 nitrogen and oxygen atoms in total. The molecule has 1 heterocycles. The van der Waals surface area contributed by atoms with E-state index in [1.165, 1.54) is 4.90 Å². The van der Waals surface area contributed by atoms with Crippen molar-refractivity contribution in [3.8, 4) is 0 Å². The number of rotatable bonds is 1. The number of halogens is 1. The van der Waals surface area contributed by atoms with Crippen LogP contribution in [0.2, 0.25) is 0 Å². The predicted octanol–water partition coefficient (Wildman–Crippen LogP) is 3.45. The summed E-state index contributed by atoms with van der Waals surface area (Å²) < 4.78 is 0.773. The van der Waals surface area contributed by atoms with Gasteiger partial charge in [-0.1, -0.05) is 15.9 Å². The largest absolute Gasteiger partial charge is 0.399 e. The Morgan fingerprint density at radius 3 is 2.33 bits per heavy atom. The van der Waals surface area contributed by atoms with Gasteiger partial charge in [0, 0.05) is 10.2 Å². The lowest BCUT2D eigenvalue weighted by atomic mass is 10.1. The first kappa shape index (κ1) is 13.8. The minimum atomic E-state index is -0.302. The lowest BCUT2D eigenvalue weighted by molar-refractivity contribution is 0.0926. The monoisotopic (exact) mass is 344 g/mol. The van der Waals surface area contributed by atoms with Crippen molar-refractivity contribution in [3.63, 3.8) is 0 Å². The van der Waals surface area contributed by atoms with Gasteiger partial charge in [0.25, 0.3) is 11.8 Å². The Morgan fingerprint density at radius 2 is 1.62 bits per heavy atom. The van der Waals surface area contributed by atoms with Gasteiger partial charge in [-0.05, 0) is 55.3 Å². The summed E-state index contributed by atoms with van der Waals surface area (Å²) in [5.74, 6) is -0.599. The first-order valence-corrected chi connectivity index (χ1v) is 7.24. The molecule has 1 aliphatic heterocycles. The first-order valence-electron chi connectivity index (χ1n) is 6.45. The molecular formula is C16H13BrN2O2. The Bertz CT molecular complexity index is 799. The zero-order chi connectivity index (χ0) is 15.3. The summed E-state index contributed by atoms with van der Waals surface area (Å²) in [6, 6.07) is 8.66. The van der Waals surface area contributed by atoms with E-state index in [4.69, 9.17) is 5.73 Å². The van der Waals surface area contributed by atoms with E-state index in [-0.39, 0.29) is 11.8 Å². The van der Waals surface area contributed by atoms with E-state index in [1.54, 1.807) is 30.3 Å². The molecule has 2 N–H and O–H groups in total. The third-order valence-corrected chi connectivity index (χ3v) is 4.17. The fourth-order valence-corrected chi connectivity index (χ4v) is 2.86. The predicted molar refractivity (Wildman–Crippen MR) is 85.6 cm³/mol. The van der Waals surface area contributed by atoms with Gasteiger partial charge in [0.1, 0.15) is 0 Å². The van der Waals surface area contributed by atoms with Crippen LogP contribution >= 0.6 is 15.9 Å². The van der Waals surface area contributed by atoms with Gasteiger partial charge in [0.2, 0.25) is 0 Å². The number of carbonyl (C=O) groups excluding carboxylic acids is 2. The number of amides is 2. The highest BCUT2D eigenvalue weighted by molar-refractivity contribution is 9.10. The Hall–Kier alpha value is -2.14. The topological polar surface area (TPSA) is 63.4 Å². The Labute approximate surface area is 130 Å². The summed E-state index contributed by atoms with van der Waals surface area (Å²) in [6.45, 7) is 3.69. The molecule has 0 radical (unpaired) electrons. The van der Waals surface area contributed by atoms with Crippen LogP contribution in [0.3, 0.4) is 0 Å². The van der Waals surface area contributed by atoms with Gasteiger partial charge in [-0.3, -0.25) is 9.59 Å². The van der Waals surface area contributed by atoms with Gasteiger partial charge >= 0.3 is 0 Å². The molecule has 0 bridgehead atoms. The first-order chi connectivity index (χ1) is 9.90. The van der Waals surface area contributed by atoms with Crippen LogP contribution in [0.15, 0.2) is 34.8 Å². The van der Waals surface area contributed by atoms with Crippen LogP contribution in [0.25, 0.3) is 0 Å². The molecule has 21 heavy (non-hydrogen) atoms. The van der Waals surface area contributed by atoms with E-state index in [0.717, 1.165) is 15.6 Å². The molecule has 0 saturated carbocycles. The molecule has 106 valence electrons. The van der Waals surface area contributed by atoms with Crippen molar-refractivity contribution in [1.82, 2.24) is 0 Å². The van der Waals surface area contributed by atoms with Crippen molar-refractivity contribution in [1.29, 1.82) is 0 Å². The van der Waals surface area contributed by atoms with E-state index >= 15 is 0 Å². The van der Waals surface area contributed by atoms with E-state index in [1.807, 2.05) is 13.8 Å². The summed E-state index contributed by atoms with van der Waals surface area (Å²) >= 11 is 3.33. The number of carbonyl (C=O) groups is 2. The van der Waals surface area contributed by atoms with Crippen molar-refractivity contribution in [2.75, 3.05) is 10.6 Å². The van der Waals surface area contributed by atoms with Crippen LogP contribution in [0.1, 0.15) is 31.8 Å². The highest BCUT2D eigenvalue weighted by atomic mass is 79.9. The molecule has 0 aliphatic carbocycles. The quantitative estimate of drug-likeness (QED) is 0.636. The third kappa shape index (κ3) is 2.05. The maximum absolute atomic E-state index is 12.6. The summed E-state index contributed by atoms with van der Waals surface area (Å²) in [5, 5.41) is 0. The second kappa shape index (κ2) is 4.70. The number of nitrogen functional groups attached to an aromatic ring is 1. The van der Waals surface area contributed by atoms with Crippen molar-refractivity contribution in [2.45, 2.75) is 13.8 Å².